The minimum atomic E-state index is -1.37. The Bertz CT molecular complexity index is 357. The van der Waals surface area contributed by atoms with Crippen molar-refractivity contribution in [2.24, 2.45) is 7.05 Å². The summed E-state index contributed by atoms with van der Waals surface area (Å²) in [6.07, 6.45) is 0.505. The van der Waals surface area contributed by atoms with Crippen LogP contribution in [0, 0.1) is 10.1 Å². The van der Waals surface area contributed by atoms with Gasteiger partial charge >= 0.3 is 5.69 Å². The van der Waals surface area contributed by atoms with E-state index in [9.17, 15) is 20.0 Å². The van der Waals surface area contributed by atoms with E-state index in [-0.39, 0.29) is 11.4 Å². The van der Waals surface area contributed by atoms with Crippen molar-refractivity contribution in [3.63, 3.8) is 0 Å². The van der Waals surface area contributed by atoms with Gasteiger partial charge in [0, 0.05) is 19.4 Å². The summed E-state index contributed by atoms with van der Waals surface area (Å²) in [6.45, 7) is 0. The molecule has 7 heteroatoms. The maximum Gasteiger partial charge on any atom is 0.310 e. The number of hydrogen-bond donors (Lipinski definition) is 0. The zero-order valence-electron chi connectivity index (χ0n) is 6.76. The van der Waals surface area contributed by atoms with E-state index < -0.39 is 17.3 Å². The highest BCUT2D eigenvalue weighted by molar-refractivity contribution is 5.68. The minimum absolute atomic E-state index is 0.0324. The monoisotopic (exact) mass is 184 g/mol. The molecule has 0 bridgehead atoms. The van der Waals surface area contributed by atoms with Crippen LogP contribution in [0.2, 0.25) is 0 Å². The molecule has 0 spiro atoms. The molecule has 7 nitrogen and oxygen atoms in total. The molecular formula is C6H6N3O4-. The number of nitro groups is 1. The van der Waals surface area contributed by atoms with Crippen molar-refractivity contribution >= 4 is 11.7 Å². The number of aryl methyl sites for hydroxylation is 1. The third-order valence-corrected chi connectivity index (χ3v) is 1.55. The summed E-state index contributed by atoms with van der Waals surface area (Å²) >= 11 is 0. The fourth-order valence-corrected chi connectivity index (χ4v) is 0.945. The SMILES string of the molecule is Cn1ncc([N+](=O)[O-])c1CC(=O)[O-]. The summed E-state index contributed by atoms with van der Waals surface area (Å²) in [6, 6.07) is 0. The minimum Gasteiger partial charge on any atom is -0.550 e. The lowest BCUT2D eigenvalue weighted by atomic mass is 10.3. The molecule has 0 fully saturated rings. The van der Waals surface area contributed by atoms with Gasteiger partial charge in [-0.25, -0.2) is 0 Å². The van der Waals surface area contributed by atoms with Gasteiger partial charge in [-0.3, -0.25) is 14.8 Å². The molecule has 0 amide bonds. The van der Waals surface area contributed by atoms with Gasteiger partial charge in [0.25, 0.3) is 0 Å². The van der Waals surface area contributed by atoms with Gasteiger partial charge < -0.3 is 9.90 Å². The summed E-state index contributed by atoms with van der Waals surface area (Å²) in [5, 5.41) is 24.1. The zero-order chi connectivity index (χ0) is 10.0. The van der Waals surface area contributed by atoms with Crippen LogP contribution < -0.4 is 5.11 Å². The van der Waals surface area contributed by atoms with Gasteiger partial charge in [0.1, 0.15) is 11.9 Å². The number of carboxylic acid groups (broad SMARTS) is 1. The van der Waals surface area contributed by atoms with Crippen LogP contribution in [0.25, 0.3) is 0 Å². The molecule has 0 saturated heterocycles. The van der Waals surface area contributed by atoms with Gasteiger partial charge in [-0.2, -0.15) is 5.10 Å². The molecule has 0 saturated carbocycles. The van der Waals surface area contributed by atoms with Crippen molar-refractivity contribution in [2.75, 3.05) is 0 Å². The van der Waals surface area contributed by atoms with Crippen molar-refractivity contribution in [1.29, 1.82) is 0 Å². The number of hydrogen-bond acceptors (Lipinski definition) is 5. The number of aliphatic carboxylic acids is 1. The van der Waals surface area contributed by atoms with Crippen LogP contribution in [0.4, 0.5) is 5.69 Å². The van der Waals surface area contributed by atoms with Gasteiger partial charge in [-0.1, -0.05) is 0 Å². The highest BCUT2D eigenvalue weighted by Gasteiger charge is 2.18. The Balaban J connectivity index is 3.08. The van der Waals surface area contributed by atoms with E-state index in [1.807, 2.05) is 0 Å². The van der Waals surface area contributed by atoms with Crippen LogP contribution in [0.3, 0.4) is 0 Å². The molecule has 1 heterocycles. The molecule has 0 N–H and O–H groups in total. The standard InChI is InChI=1S/C6H7N3O4/c1-8-4(2-6(10)11)5(3-7-8)9(12)13/h3H,2H2,1H3,(H,10,11)/p-1. The molecule has 0 radical (unpaired) electrons. The summed E-state index contributed by atoms with van der Waals surface area (Å²) in [4.78, 5) is 19.9. The Labute approximate surface area is 72.7 Å². The number of rotatable bonds is 3. The summed E-state index contributed by atoms with van der Waals surface area (Å²) in [7, 11) is 1.44. The van der Waals surface area contributed by atoms with Crippen LogP contribution in [0.5, 0.6) is 0 Å². The van der Waals surface area contributed by atoms with Crippen LogP contribution in [0.1, 0.15) is 5.69 Å². The lowest BCUT2D eigenvalue weighted by Gasteiger charge is -2.01. The van der Waals surface area contributed by atoms with E-state index in [0.717, 1.165) is 10.9 Å². The Kier molecular flexibility index (Phi) is 2.27. The second kappa shape index (κ2) is 3.21. The third-order valence-electron chi connectivity index (χ3n) is 1.55. The van der Waals surface area contributed by atoms with Crippen LogP contribution in [0.15, 0.2) is 6.20 Å². The molecule has 0 aliphatic rings. The molecule has 0 atom stereocenters. The van der Waals surface area contributed by atoms with Crippen LogP contribution in [-0.2, 0) is 18.3 Å². The Morgan fingerprint density at radius 2 is 2.38 bits per heavy atom. The lowest BCUT2D eigenvalue weighted by molar-refractivity contribution is -0.385. The van der Waals surface area contributed by atoms with Gasteiger partial charge in [-0.05, 0) is 0 Å². The smallest absolute Gasteiger partial charge is 0.310 e. The first-order chi connectivity index (χ1) is 6.02. The van der Waals surface area contributed by atoms with Gasteiger partial charge in [-0.15, -0.1) is 0 Å². The molecule has 13 heavy (non-hydrogen) atoms. The second-order valence-electron chi connectivity index (χ2n) is 2.41. The molecule has 0 aromatic carbocycles. The predicted molar refractivity (Wildman–Crippen MR) is 38.6 cm³/mol. The van der Waals surface area contributed by atoms with Crippen molar-refractivity contribution < 1.29 is 14.8 Å². The average Bonchev–Trinajstić information content (AvgIpc) is 2.32. The van der Waals surface area contributed by atoms with Crippen LogP contribution in [-0.4, -0.2) is 20.7 Å². The first-order valence-electron chi connectivity index (χ1n) is 3.37. The normalized spacial score (nSPS) is 9.92. The van der Waals surface area contributed by atoms with Crippen molar-refractivity contribution in [2.45, 2.75) is 6.42 Å². The summed E-state index contributed by atoms with van der Waals surface area (Å²) in [5.41, 5.74) is -0.267. The Hall–Kier alpha value is -1.92. The topological polar surface area (TPSA) is 101 Å². The first-order valence-corrected chi connectivity index (χ1v) is 3.37. The van der Waals surface area contributed by atoms with Crippen molar-refractivity contribution in [3.05, 3.63) is 22.0 Å². The molecule has 1 aromatic heterocycles. The number of carboxylic acids is 1. The fourth-order valence-electron chi connectivity index (χ4n) is 0.945. The lowest BCUT2D eigenvalue weighted by Crippen LogP contribution is -2.25. The van der Waals surface area contributed by atoms with Crippen molar-refractivity contribution in [1.82, 2.24) is 9.78 Å². The molecule has 1 rings (SSSR count). The zero-order valence-corrected chi connectivity index (χ0v) is 6.76. The van der Waals surface area contributed by atoms with E-state index in [4.69, 9.17) is 0 Å². The summed E-state index contributed by atoms with van der Waals surface area (Å²) < 4.78 is 1.15. The third kappa shape index (κ3) is 1.81. The molecule has 70 valence electrons. The highest BCUT2D eigenvalue weighted by atomic mass is 16.6. The maximum atomic E-state index is 10.4. The average molecular weight is 184 g/mol. The Morgan fingerprint density at radius 1 is 1.77 bits per heavy atom. The molecule has 0 aliphatic heterocycles. The van der Waals surface area contributed by atoms with E-state index in [1.54, 1.807) is 0 Å². The van der Waals surface area contributed by atoms with Gasteiger partial charge in [0.2, 0.25) is 0 Å². The quantitative estimate of drug-likeness (QED) is 0.425. The molecule has 0 aliphatic carbocycles. The van der Waals surface area contributed by atoms with Gasteiger partial charge in [0.05, 0.1) is 4.92 Å². The van der Waals surface area contributed by atoms with Gasteiger partial charge in [0.15, 0.2) is 0 Å². The molecule has 1 aromatic rings. The number of nitrogens with zero attached hydrogens (tertiary/aromatic N) is 3. The second-order valence-corrected chi connectivity index (χ2v) is 2.41. The number of carbonyl (C=O) groups is 1. The largest absolute Gasteiger partial charge is 0.550 e. The van der Waals surface area contributed by atoms with Crippen molar-refractivity contribution in [3.8, 4) is 0 Å². The fraction of sp³-hybridized carbons (Fsp3) is 0.333. The summed E-state index contributed by atoms with van der Waals surface area (Å²) in [5.74, 6) is -1.37. The first kappa shape index (κ1) is 9.17. The molecular weight excluding hydrogens is 178 g/mol. The van der Waals surface area contributed by atoms with E-state index in [1.165, 1.54) is 7.05 Å². The van der Waals surface area contributed by atoms with E-state index in [2.05, 4.69) is 5.10 Å². The molecule has 0 unspecified atom stereocenters. The van der Waals surface area contributed by atoms with E-state index >= 15 is 0 Å². The van der Waals surface area contributed by atoms with Crippen LogP contribution >= 0.6 is 0 Å². The highest BCUT2D eigenvalue weighted by Crippen LogP contribution is 2.16. The predicted octanol–water partition coefficient (Wildman–Crippen LogP) is -1.38. The van der Waals surface area contributed by atoms with E-state index in [0.29, 0.717) is 0 Å². The number of carbonyl (C=O) groups excluding carboxylic acids is 1. The Morgan fingerprint density at radius 3 is 2.85 bits per heavy atom. The number of aromatic nitrogens is 2. The maximum absolute atomic E-state index is 10.4.